The van der Waals surface area contributed by atoms with Gasteiger partial charge in [-0.15, -0.1) is 11.3 Å². The number of amides is 1. The van der Waals surface area contributed by atoms with Crippen molar-refractivity contribution in [2.45, 2.75) is 46.0 Å². The van der Waals surface area contributed by atoms with Gasteiger partial charge in [-0.3, -0.25) is 4.79 Å². The number of nitrogens with one attached hydrogen (secondary N) is 1. The summed E-state index contributed by atoms with van der Waals surface area (Å²) in [6.07, 6.45) is 3.93. The zero-order chi connectivity index (χ0) is 18.7. The quantitative estimate of drug-likeness (QED) is 0.725. The molecule has 0 aliphatic heterocycles. The molecule has 0 bridgehead atoms. The molecule has 1 heterocycles. The van der Waals surface area contributed by atoms with Gasteiger partial charge in [-0.25, -0.2) is 0 Å². The predicted molar refractivity (Wildman–Crippen MR) is 109 cm³/mol. The number of hydrogen-bond donors (Lipinski definition) is 1. The number of aryl methyl sites for hydroxylation is 2. The van der Waals surface area contributed by atoms with Crippen LogP contribution in [0.3, 0.4) is 0 Å². The monoisotopic (exact) mass is 382 g/mol. The smallest absolute Gasteiger partial charge is 0.225 e. The van der Waals surface area contributed by atoms with Crippen LogP contribution in [0.25, 0.3) is 0 Å². The summed E-state index contributed by atoms with van der Waals surface area (Å²) >= 11 is 6.91. The van der Waals surface area contributed by atoms with E-state index in [1.54, 1.807) is 0 Å². The van der Waals surface area contributed by atoms with Crippen molar-refractivity contribution in [1.82, 2.24) is 0 Å². The molecule has 1 atom stereocenters. The first-order chi connectivity index (χ1) is 12.5. The fourth-order valence-corrected chi connectivity index (χ4v) is 4.76. The molecule has 0 saturated heterocycles. The molecular formula is C21H22N2OS2. The first-order valence-corrected chi connectivity index (χ1v) is 10.1. The third-order valence-electron chi connectivity index (χ3n) is 4.90. The summed E-state index contributed by atoms with van der Waals surface area (Å²) in [7, 11) is 0. The Bertz CT molecular complexity index is 923. The lowest BCUT2D eigenvalue weighted by atomic mass is 9.85. The Balaban J connectivity index is 1.76. The number of rotatable bonds is 4. The maximum Gasteiger partial charge on any atom is 0.225 e. The Hall–Kier alpha value is -2.03. The first kappa shape index (κ1) is 18.8. The molecule has 5 heteroatoms. The van der Waals surface area contributed by atoms with Crippen molar-refractivity contribution in [3.05, 3.63) is 55.9 Å². The van der Waals surface area contributed by atoms with Crippen LogP contribution in [0.2, 0.25) is 0 Å². The molecule has 1 aromatic heterocycles. The van der Waals surface area contributed by atoms with Crippen LogP contribution in [-0.2, 0) is 24.1 Å². The number of carbonyl (C=O) groups is 1. The first-order valence-electron chi connectivity index (χ1n) is 8.92. The van der Waals surface area contributed by atoms with E-state index in [0.29, 0.717) is 29.3 Å². The number of nitriles is 1. The van der Waals surface area contributed by atoms with Crippen LogP contribution in [0.4, 0.5) is 5.00 Å². The summed E-state index contributed by atoms with van der Waals surface area (Å²) in [4.78, 5) is 12.4. The van der Waals surface area contributed by atoms with Crippen LogP contribution in [0.5, 0.6) is 0 Å². The number of hydrogen-bond acceptors (Lipinski definition) is 4. The summed E-state index contributed by atoms with van der Waals surface area (Å²) in [5.74, 6) is 0.523. The SMILES string of the molecule is Cc1ccc(CCC(=O)Nc2sc(=S)c3c(c2C#N)CCC(C)C3)cc1. The zero-order valence-electron chi connectivity index (χ0n) is 15.1. The Labute approximate surface area is 163 Å². The fraction of sp³-hybridized carbons (Fsp3) is 0.381. The maximum atomic E-state index is 12.4. The van der Waals surface area contributed by atoms with Gasteiger partial charge in [-0.2, -0.15) is 5.26 Å². The second-order valence-electron chi connectivity index (χ2n) is 7.04. The summed E-state index contributed by atoms with van der Waals surface area (Å²) in [6.45, 7) is 4.26. The van der Waals surface area contributed by atoms with Gasteiger partial charge >= 0.3 is 0 Å². The molecule has 1 aliphatic carbocycles. The van der Waals surface area contributed by atoms with Crippen LogP contribution in [-0.4, -0.2) is 5.91 Å². The van der Waals surface area contributed by atoms with Crippen molar-refractivity contribution < 1.29 is 4.79 Å². The molecule has 26 heavy (non-hydrogen) atoms. The second kappa shape index (κ2) is 8.11. The van der Waals surface area contributed by atoms with Crippen molar-refractivity contribution in [3.8, 4) is 6.07 Å². The predicted octanol–water partition coefficient (Wildman–Crippen LogP) is 5.35. The highest BCUT2D eigenvalue weighted by atomic mass is 32.1. The van der Waals surface area contributed by atoms with Gasteiger partial charge in [0.25, 0.3) is 0 Å². The molecule has 1 N–H and O–H groups in total. The highest BCUT2D eigenvalue weighted by Crippen LogP contribution is 2.35. The molecule has 3 rings (SSSR count). The number of benzene rings is 1. The molecule has 3 nitrogen and oxygen atoms in total. The van der Waals surface area contributed by atoms with Crippen LogP contribution >= 0.6 is 23.6 Å². The Morgan fingerprint density at radius 3 is 2.77 bits per heavy atom. The lowest BCUT2D eigenvalue weighted by molar-refractivity contribution is -0.116. The van der Waals surface area contributed by atoms with E-state index in [2.05, 4.69) is 30.4 Å². The third-order valence-corrected chi connectivity index (χ3v) is 6.34. The minimum Gasteiger partial charge on any atom is -0.317 e. The summed E-state index contributed by atoms with van der Waals surface area (Å²) in [5.41, 5.74) is 5.13. The van der Waals surface area contributed by atoms with Crippen molar-refractivity contribution in [2.24, 2.45) is 5.92 Å². The molecular weight excluding hydrogens is 360 g/mol. The van der Waals surface area contributed by atoms with E-state index in [4.69, 9.17) is 12.2 Å². The van der Waals surface area contributed by atoms with E-state index < -0.39 is 0 Å². The highest BCUT2D eigenvalue weighted by molar-refractivity contribution is 7.73. The maximum absolute atomic E-state index is 12.4. The third kappa shape index (κ3) is 4.20. The molecule has 1 amide bonds. The topological polar surface area (TPSA) is 52.9 Å². The van der Waals surface area contributed by atoms with Crippen molar-refractivity contribution in [3.63, 3.8) is 0 Å². The van der Waals surface area contributed by atoms with Crippen LogP contribution < -0.4 is 5.32 Å². The van der Waals surface area contributed by atoms with Crippen molar-refractivity contribution >= 4 is 34.5 Å². The van der Waals surface area contributed by atoms with Gasteiger partial charge in [0.2, 0.25) is 5.91 Å². The van der Waals surface area contributed by atoms with Gasteiger partial charge in [0.15, 0.2) is 0 Å². The molecule has 0 spiro atoms. The van der Waals surface area contributed by atoms with E-state index in [-0.39, 0.29) is 5.91 Å². The number of nitrogens with zero attached hydrogens (tertiary/aromatic N) is 1. The van der Waals surface area contributed by atoms with E-state index in [9.17, 15) is 10.1 Å². The summed E-state index contributed by atoms with van der Waals surface area (Å²) in [6, 6.07) is 10.5. The van der Waals surface area contributed by atoms with E-state index >= 15 is 0 Å². The van der Waals surface area contributed by atoms with Gasteiger partial charge < -0.3 is 5.32 Å². The average Bonchev–Trinajstić information content (AvgIpc) is 2.62. The summed E-state index contributed by atoms with van der Waals surface area (Å²) < 4.78 is 0.805. The van der Waals surface area contributed by atoms with Gasteiger partial charge in [0.1, 0.15) is 11.1 Å². The normalized spacial score (nSPS) is 15.8. The molecule has 1 aromatic carbocycles. The van der Waals surface area contributed by atoms with Crippen LogP contribution in [0, 0.1) is 28.0 Å². The molecule has 2 aromatic rings. The molecule has 1 aliphatic rings. The largest absolute Gasteiger partial charge is 0.317 e. The second-order valence-corrected chi connectivity index (χ2v) is 8.73. The molecule has 1 unspecified atom stereocenters. The molecule has 0 fully saturated rings. The van der Waals surface area contributed by atoms with Gasteiger partial charge in [0.05, 0.1) is 9.39 Å². The Kier molecular flexibility index (Phi) is 5.85. The van der Waals surface area contributed by atoms with Gasteiger partial charge in [-0.1, -0.05) is 49.0 Å². The van der Waals surface area contributed by atoms with E-state index in [1.165, 1.54) is 16.9 Å². The van der Waals surface area contributed by atoms with E-state index in [1.807, 2.05) is 19.1 Å². The number of carbonyl (C=O) groups excluding carboxylic acids is 1. The average molecular weight is 383 g/mol. The highest BCUT2D eigenvalue weighted by Gasteiger charge is 2.23. The Morgan fingerprint density at radius 2 is 2.08 bits per heavy atom. The Morgan fingerprint density at radius 1 is 1.35 bits per heavy atom. The number of fused-ring (bicyclic) bond motifs is 1. The lowest BCUT2D eigenvalue weighted by Gasteiger charge is -2.23. The van der Waals surface area contributed by atoms with Crippen LogP contribution in [0.1, 0.15) is 47.6 Å². The van der Waals surface area contributed by atoms with Gasteiger partial charge in [-0.05, 0) is 55.2 Å². The minimum absolute atomic E-state index is 0.0724. The molecule has 134 valence electrons. The fourth-order valence-electron chi connectivity index (χ4n) is 3.35. The van der Waals surface area contributed by atoms with Crippen molar-refractivity contribution in [1.29, 1.82) is 5.26 Å². The number of anilines is 1. The van der Waals surface area contributed by atoms with E-state index in [0.717, 1.165) is 39.8 Å². The minimum atomic E-state index is -0.0724. The zero-order valence-corrected chi connectivity index (χ0v) is 16.7. The molecule has 0 radical (unpaired) electrons. The standard InChI is InChI=1S/C21H22N2OS2/c1-13-3-6-15(7-4-13)8-10-19(24)23-20-18(12-22)16-9-5-14(2)11-17(16)21(25)26-20/h3-4,6-7,14H,5,8-11H2,1-2H3,(H,23,24). The molecule has 0 saturated carbocycles. The lowest BCUT2D eigenvalue weighted by Crippen LogP contribution is -2.17. The van der Waals surface area contributed by atoms with Crippen molar-refractivity contribution in [2.75, 3.05) is 5.32 Å². The van der Waals surface area contributed by atoms with Crippen LogP contribution in [0.15, 0.2) is 24.3 Å². The van der Waals surface area contributed by atoms with Gasteiger partial charge in [0, 0.05) is 6.42 Å². The summed E-state index contributed by atoms with van der Waals surface area (Å²) in [5, 5.41) is 13.2.